The van der Waals surface area contributed by atoms with Gasteiger partial charge in [-0.3, -0.25) is 9.59 Å². The Morgan fingerprint density at radius 1 is 1.32 bits per heavy atom. The SMILES string of the molecule is C[C@H]1CC2C3CCC4=CC(=O)C=CC4(C)C3(F)C(O)CC2(C)[C@@]1(O)C(=O)CO. The lowest BCUT2D eigenvalue weighted by atomic mass is 9.44. The second-order valence-electron chi connectivity index (χ2n) is 9.75. The van der Waals surface area contributed by atoms with Crippen molar-refractivity contribution in [2.24, 2.45) is 28.6 Å². The lowest BCUT2D eigenvalue weighted by Crippen LogP contribution is -2.69. The van der Waals surface area contributed by atoms with Crippen LogP contribution in [0.5, 0.6) is 0 Å². The lowest BCUT2D eigenvalue weighted by molar-refractivity contribution is -0.219. The van der Waals surface area contributed by atoms with Crippen LogP contribution in [0.1, 0.15) is 46.5 Å². The zero-order chi connectivity index (χ0) is 20.7. The fourth-order valence-corrected chi connectivity index (χ4v) is 7.26. The topological polar surface area (TPSA) is 94.8 Å². The molecule has 0 amide bonds. The minimum atomic E-state index is -1.98. The summed E-state index contributed by atoms with van der Waals surface area (Å²) in [7, 11) is 0. The Bertz CT molecular complexity index is 805. The number of fused-ring (bicyclic) bond motifs is 5. The summed E-state index contributed by atoms with van der Waals surface area (Å²) in [6, 6.07) is 0. The summed E-state index contributed by atoms with van der Waals surface area (Å²) in [5, 5.41) is 32.0. The number of carbonyl (C=O) groups excluding carboxylic acids is 2. The number of hydrogen-bond donors (Lipinski definition) is 3. The van der Waals surface area contributed by atoms with Crippen molar-refractivity contribution in [2.45, 2.75) is 63.8 Å². The lowest BCUT2D eigenvalue weighted by Gasteiger charge is -2.62. The average Bonchev–Trinajstić information content (AvgIpc) is 2.84. The number of allylic oxidation sites excluding steroid dienone is 4. The molecule has 4 rings (SSSR count). The van der Waals surface area contributed by atoms with Crippen molar-refractivity contribution in [1.82, 2.24) is 0 Å². The number of halogens is 1. The molecule has 4 aliphatic rings. The number of hydrogen-bond acceptors (Lipinski definition) is 5. The van der Waals surface area contributed by atoms with Crippen LogP contribution < -0.4 is 0 Å². The zero-order valence-corrected chi connectivity index (χ0v) is 16.6. The monoisotopic (exact) mass is 392 g/mol. The molecule has 3 N–H and O–H groups in total. The standard InChI is InChI=1S/C22H29FO5/c1-12-8-16-15-5-4-13-9-14(25)6-7-19(13,2)21(15,23)17(26)10-20(16,3)22(12,28)18(27)11-24/h6-7,9,12,15-17,24,26,28H,4-5,8,10-11H2,1-3H3/t12-,15?,16?,17?,19?,20?,21?,22-/m0/s1. The minimum absolute atomic E-state index is 0.0676. The third kappa shape index (κ3) is 2.01. The van der Waals surface area contributed by atoms with Crippen LogP contribution in [0.25, 0.3) is 0 Å². The van der Waals surface area contributed by atoms with Gasteiger partial charge in [0.1, 0.15) is 12.2 Å². The van der Waals surface area contributed by atoms with Gasteiger partial charge in [0.25, 0.3) is 0 Å². The molecule has 0 saturated heterocycles. The predicted molar refractivity (Wildman–Crippen MR) is 99.9 cm³/mol. The van der Waals surface area contributed by atoms with Gasteiger partial charge in [0.15, 0.2) is 17.2 Å². The van der Waals surface area contributed by atoms with Crippen molar-refractivity contribution < 1.29 is 29.3 Å². The van der Waals surface area contributed by atoms with Crippen LogP contribution in [-0.4, -0.2) is 50.9 Å². The Hall–Kier alpha value is -1.37. The molecule has 0 aromatic carbocycles. The molecule has 3 saturated carbocycles. The zero-order valence-electron chi connectivity index (χ0n) is 16.6. The van der Waals surface area contributed by atoms with E-state index < -0.39 is 52.4 Å². The molecule has 0 aliphatic heterocycles. The fraction of sp³-hybridized carbons (Fsp3) is 0.727. The molecular formula is C22H29FO5. The van der Waals surface area contributed by atoms with Gasteiger partial charge in [0.05, 0.1) is 6.10 Å². The highest BCUT2D eigenvalue weighted by Gasteiger charge is 2.75. The summed E-state index contributed by atoms with van der Waals surface area (Å²) in [4.78, 5) is 24.4. The van der Waals surface area contributed by atoms with Crippen LogP contribution in [0, 0.1) is 28.6 Å². The molecule has 0 heterocycles. The van der Waals surface area contributed by atoms with Crippen LogP contribution in [0.2, 0.25) is 0 Å². The minimum Gasteiger partial charge on any atom is -0.390 e. The van der Waals surface area contributed by atoms with E-state index in [1.165, 1.54) is 12.2 Å². The molecule has 5 nitrogen and oxygen atoms in total. The van der Waals surface area contributed by atoms with Crippen LogP contribution in [0.3, 0.4) is 0 Å². The number of aliphatic hydroxyl groups excluding tert-OH is 2. The maximum absolute atomic E-state index is 16.9. The highest BCUT2D eigenvalue weighted by molar-refractivity contribution is 6.01. The smallest absolute Gasteiger partial charge is 0.190 e. The van der Waals surface area contributed by atoms with Gasteiger partial charge in [0.2, 0.25) is 0 Å². The molecule has 0 spiro atoms. The van der Waals surface area contributed by atoms with E-state index in [9.17, 15) is 24.9 Å². The maximum Gasteiger partial charge on any atom is 0.190 e. The van der Waals surface area contributed by atoms with Crippen LogP contribution in [0.15, 0.2) is 23.8 Å². The second-order valence-corrected chi connectivity index (χ2v) is 9.75. The number of alkyl halides is 1. The first kappa shape index (κ1) is 19.9. The number of rotatable bonds is 2. The number of Topliss-reactive ketones (excluding diaryl/α,β-unsaturated/α-hetero) is 1. The molecule has 0 aromatic rings. The normalized spacial score (nSPS) is 52.5. The molecule has 0 radical (unpaired) electrons. The molecule has 28 heavy (non-hydrogen) atoms. The van der Waals surface area contributed by atoms with Gasteiger partial charge in [-0.15, -0.1) is 0 Å². The van der Waals surface area contributed by atoms with Crippen molar-refractivity contribution in [2.75, 3.05) is 6.61 Å². The van der Waals surface area contributed by atoms with Gasteiger partial charge in [-0.2, -0.15) is 0 Å². The fourth-order valence-electron chi connectivity index (χ4n) is 7.26. The molecule has 0 bridgehead atoms. The van der Waals surface area contributed by atoms with Crippen molar-refractivity contribution >= 4 is 11.6 Å². The quantitative estimate of drug-likeness (QED) is 0.667. The Kier molecular flexibility index (Phi) is 4.15. The molecule has 0 aromatic heterocycles. The summed E-state index contributed by atoms with van der Waals surface area (Å²) in [6.45, 7) is 4.48. The third-order valence-electron chi connectivity index (χ3n) is 8.79. The Morgan fingerprint density at radius 2 is 2.00 bits per heavy atom. The van der Waals surface area contributed by atoms with Crippen molar-refractivity contribution in [3.05, 3.63) is 23.8 Å². The summed E-state index contributed by atoms with van der Waals surface area (Å²) >= 11 is 0. The highest BCUT2D eigenvalue weighted by atomic mass is 19.1. The summed E-state index contributed by atoms with van der Waals surface area (Å²) in [6.07, 6.45) is 4.44. The van der Waals surface area contributed by atoms with E-state index in [1.54, 1.807) is 26.8 Å². The van der Waals surface area contributed by atoms with E-state index in [1.807, 2.05) is 0 Å². The van der Waals surface area contributed by atoms with Gasteiger partial charge in [-0.25, -0.2) is 4.39 Å². The molecule has 6 unspecified atom stereocenters. The third-order valence-corrected chi connectivity index (χ3v) is 8.79. The Morgan fingerprint density at radius 3 is 2.64 bits per heavy atom. The largest absolute Gasteiger partial charge is 0.390 e. The first-order valence-corrected chi connectivity index (χ1v) is 10.1. The van der Waals surface area contributed by atoms with Gasteiger partial charge >= 0.3 is 0 Å². The first-order chi connectivity index (χ1) is 13.0. The Labute approximate surface area is 164 Å². The number of ketones is 2. The second kappa shape index (κ2) is 5.83. The van der Waals surface area contributed by atoms with Gasteiger partial charge < -0.3 is 15.3 Å². The predicted octanol–water partition coefficient (Wildman–Crippen LogP) is 1.90. The maximum atomic E-state index is 16.9. The van der Waals surface area contributed by atoms with Gasteiger partial charge in [-0.05, 0) is 56.6 Å². The van der Waals surface area contributed by atoms with E-state index in [2.05, 4.69) is 0 Å². The molecule has 6 heteroatoms. The van der Waals surface area contributed by atoms with Gasteiger partial charge in [0, 0.05) is 16.7 Å². The van der Waals surface area contributed by atoms with E-state index >= 15 is 4.39 Å². The average molecular weight is 392 g/mol. The van der Waals surface area contributed by atoms with Crippen molar-refractivity contribution in [1.29, 1.82) is 0 Å². The number of aliphatic hydroxyl groups is 3. The number of carbonyl (C=O) groups is 2. The van der Waals surface area contributed by atoms with Crippen molar-refractivity contribution in [3.63, 3.8) is 0 Å². The van der Waals surface area contributed by atoms with Crippen LogP contribution >= 0.6 is 0 Å². The molecule has 3 fully saturated rings. The van der Waals surface area contributed by atoms with Crippen molar-refractivity contribution in [3.8, 4) is 0 Å². The molecule has 4 aliphatic carbocycles. The van der Waals surface area contributed by atoms with E-state index in [0.29, 0.717) is 24.8 Å². The van der Waals surface area contributed by atoms with E-state index in [4.69, 9.17) is 0 Å². The summed E-state index contributed by atoms with van der Waals surface area (Å²) < 4.78 is 16.9. The van der Waals surface area contributed by atoms with Crippen LogP contribution in [0.4, 0.5) is 4.39 Å². The summed E-state index contributed by atoms with van der Waals surface area (Å²) in [5.41, 5.74) is -5.17. The Balaban J connectivity index is 1.84. The summed E-state index contributed by atoms with van der Waals surface area (Å²) in [5.74, 6) is -2.12. The highest BCUT2D eigenvalue weighted by Crippen LogP contribution is 2.70. The molecular weight excluding hydrogens is 363 g/mol. The van der Waals surface area contributed by atoms with Crippen LogP contribution in [-0.2, 0) is 9.59 Å². The molecule has 8 atom stereocenters. The molecule has 154 valence electrons. The van der Waals surface area contributed by atoms with E-state index in [-0.39, 0.29) is 18.1 Å². The van der Waals surface area contributed by atoms with Gasteiger partial charge in [-0.1, -0.05) is 25.5 Å². The first-order valence-electron chi connectivity index (χ1n) is 10.1. The van der Waals surface area contributed by atoms with E-state index in [0.717, 1.165) is 0 Å².